The standard InChI is InChI=1S/C23H26N4O/c1-17-4-2-3-5-21(17)27-11-9-26(10-12-27)16-20-15-24-23(25-20)19-6-7-22-18(14-19)8-13-28-22/h2-7,14-15H,8-13,16H2,1H3,(H,24,25). The number of anilines is 1. The van der Waals surface area contributed by atoms with Gasteiger partial charge in [0, 0.05) is 56.6 Å². The number of para-hydroxylation sites is 1. The molecule has 2 aliphatic rings. The second-order valence-electron chi connectivity index (χ2n) is 7.71. The highest BCUT2D eigenvalue weighted by Gasteiger charge is 2.19. The molecule has 1 aromatic heterocycles. The number of H-pyrrole nitrogens is 1. The van der Waals surface area contributed by atoms with Gasteiger partial charge in [-0.2, -0.15) is 0 Å². The quantitative estimate of drug-likeness (QED) is 0.757. The number of nitrogens with zero attached hydrogens (tertiary/aromatic N) is 3. The molecule has 1 saturated heterocycles. The van der Waals surface area contributed by atoms with E-state index >= 15 is 0 Å². The van der Waals surface area contributed by atoms with Gasteiger partial charge in [-0.25, -0.2) is 4.98 Å². The van der Waals surface area contributed by atoms with Crippen molar-refractivity contribution in [2.75, 3.05) is 37.7 Å². The number of ether oxygens (including phenoxy) is 1. The molecule has 0 unspecified atom stereocenters. The number of hydrogen-bond acceptors (Lipinski definition) is 4. The van der Waals surface area contributed by atoms with E-state index in [9.17, 15) is 0 Å². The third-order valence-corrected chi connectivity index (χ3v) is 5.81. The summed E-state index contributed by atoms with van der Waals surface area (Å²) in [6, 6.07) is 15.0. The molecule has 3 aromatic rings. The largest absolute Gasteiger partial charge is 0.493 e. The Morgan fingerprint density at radius 1 is 1.07 bits per heavy atom. The summed E-state index contributed by atoms with van der Waals surface area (Å²) in [7, 11) is 0. The van der Waals surface area contributed by atoms with Gasteiger partial charge in [-0.1, -0.05) is 18.2 Å². The minimum atomic E-state index is 0.788. The van der Waals surface area contributed by atoms with Crippen molar-refractivity contribution in [2.45, 2.75) is 19.9 Å². The number of benzene rings is 2. The summed E-state index contributed by atoms with van der Waals surface area (Å²) in [5.74, 6) is 1.96. The highest BCUT2D eigenvalue weighted by atomic mass is 16.5. The average molecular weight is 374 g/mol. The predicted molar refractivity (Wildman–Crippen MR) is 112 cm³/mol. The lowest BCUT2D eigenvalue weighted by Gasteiger charge is -2.36. The molecule has 5 nitrogen and oxygen atoms in total. The second kappa shape index (κ2) is 7.32. The summed E-state index contributed by atoms with van der Waals surface area (Å²) in [5.41, 5.74) is 6.25. The molecule has 2 aromatic carbocycles. The molecule has 2 aliphatic heterocycles. The number of rotatable bonds is 4. The Bertz CT molecular complexity index is 972. The zero-order valence-corrected chi connectivity index (χ0v) is 16.3. The predicted octanol–water partition coefficient (Wildman–Crippen LogP) is 3.64. The smallest absolute Gasteiger partial charge is 0.137 e. The Labute approximate surface area is 166 Å². The Kier molecular flexibility index (Phi) is 4.53. The van der Waals surface area contributed by atoms with Crippen LogP contribution >= 0.6 is 0 Å². The molecule has 0 amide bonds. The summed E-state index contributed by atoms with van der Waals surface area (Å²) < 4.78 is 5.60. The minimum Gasteiger partial charge on any atom is -0.493 e. The van der Waals surface area contributed by atoms with Crippen molar-refractivity contribution < 1.29 is 4.74 Å². The number of piperazine rings is 1. The van der Waals surface area contributed by atoms with Crippen LogP contribution in [-0.2, 0) is 13.0 Å². The zero-order valence-electron chi connectivity index (χ0n) is 16.3. The van der Waals surface area contributed by atoms with Crippen LogP contribution in [0.5, 0.6) is 5.75 Å². The molecule has 144 valence electrons. The summed E-state index contributed by atoms with van der Waals surface area (Å²) in [5, 5.41) is 0. The molecule has 3 heterocycles. The van der Waals surface area contributed by atoms with Gasteiger partial charge in [0.25, 0.3) is 0 Å². The van der Waals surface area contributed by atoms with Crippen LogP contribution in [0.4, 0.5) is 5.69 Å². The van der Waals surface area contributed by atoms with E-state index in [0.29, 0.717) is 0 Å². The van der Waals surface area contributed by atoms with Crippen LogP contribution in [0.15, 0.2) is 48.7 Å². The molecular weight excluding hydrogens is 348 g/mol. The van der Waals surface area contributed by atoms with Crippen LogP contribution in [0.3, 0.4) is 0 Å². The van der Waals surface area contributed by atoms with Gasteiger partial charge in [0.2, 0.25) is 0 Å². The molecule has 5 heteroatoms. The van der Waals surface area contributed by atoms with Crippen molar-refractivity contribution in [3.05, 3.63) is 65.5 Å². The molecule has 28 heavy (non-hydrogen) atoms. The molecular formula is C23H26N4O. The molecule has 5 rings (SSSR count). The maximum Gasteiger partial charge on any atom is 0.137 e. The molecule has 0 atom stereocenters. The van der Waals surface area contributed by atoms with Crippen LogP contribution in [0, 0.1) is 6.92 Å². The molecule has 0 bridgehead atoms. The van der Waals surface area contributed by atoms with Crippen molar-refractivity contribution in [1.82, 2.24) is 14.9 Å². The number of aromatic amines is 1. The lowest BCUT2D eigenvalue weighted by Crippen LogP contribution is -2.46. The number of aryl methyl sites for hydroxylation is 1. The second-order valence-corrected chi connectivity index (χ2v) is 7.71. The van der Waals surface area contributed by atoms with Crippen LogP contribution in [0.1, 0.15) is 16.8 Å². The maximum absolute atomic E-state index is 5.60. The highest BCUT2D eigenvalue weighted by Crippen LogP contribution is 2.29. The van der Waals surface area contributed by atoms with E-state index < -0.39 is 0 Å². The SMILES string of the molecule is Cc1ccccc1N1CCN(Cc2c[nH]c(-c3ccc4c(c3)CCO4)n2)CC1. The lowest BCUT2D eigenvalue weighted by atomic mass is 10.1. The Morgan fingerprint density at radius 3 is 2.79 bits per heavy atom. The normalized spacial score (nSPS) is 16.8. The summed E-state index contributed by atoms with van der Waals surface area (Å²) in [6.45, 7) is 8.13. The van der Waals surface area contributed by atoms with Crippen molar-refractivity contribution >= 4 is 5.69 Å². The Morgan fingerprint density at radius 2 is 1.93 bits per heavy atom. The van der Waals surface area contributed by atoms with E-state index in [-0.39, 0.29) is 0 Å². The lowest BCUT2D eigenvalue weighted by molar-refractivity contribution is 0.247. The fraction of sp³-hybridized carbons (Fsp3) is 0.348. The van der Waals surface area contributed by atoms with Gasteiger partial charge in [-0.05, 0) is 42.3 Å². The van der Waals surface area contributed by atoms with Gasteiger partial charge < -0.3 is 14.6 Å². The molecule has 0 radical (unpaired) electrons. The summed E-state index contributed by atoms with van der Waals surface area (Å²) in [4.78, 5) is 13.2. The summed E-state index contributed by atoms with van der Waals surface area (Å²) in [6.07, 6.45) is 3.04. The monoisotopic (exact) mass is 374 g/mol. The highest BCUT2D eigenvalue weighted by molar-refractivity contribution is 5.60. The van der Waals surface area contributed by atoms with Crippen molar-refractivity contribution in [3.63, 3.8) is 0 Å². The van der Waals surface area contributed by atoms with Crippen LogP contribution < -0.4 is 9.64 Å². The maximum atomic E-state index is 5.60. The fourth-order valence-electron chi connectivity index (χ4n) is 4.22. The van der Waals surface area contributed by atoms with Crippen molar-refractivity contribution in [1.29, 1.82) is 0 Å². The first-order valence-electron chi connectivity index (χ1n) is 10.1. The van der Waals surface area contributed by atoms with E-state index in [2.05, 4.69) is 64.2 Å². The molecule has 0 aliphatic carbocycles. The van der Waals surface area contributed by atoms with E-state index in [0.717, 1.165) is 68.6 Å². The first kappa shape index (κ1) is 17.3. The first-order valence-corrected chi connectivity index (χ1v) is 10.1. The molecule has 1 N–H and O–H groups in total. The van der Waals surface area contributed by atoms with Gasteiger partial charge in [0.15, 0.2) is 0 Å². The number of fused-ring (bicyclic) bond motifs is 1. The first-order chi connectivity index (χ1) is 13.8. The molecule has 1 fully saturated rings. The fourth-order valence-corrected chi connectivity index (χ4v) is 4.22. The van der Waals surface area contributed by atoms with E-state index in [1.54, 1.807) is 0 Å². The third kappa shape index (κ3) is 3.38. The average Bonchev–Trinajstić information content (AvgIpc) is 3.38. The van der Waals surface area contributed by atoms with E-state index in [1.165, 1.54) is 16.8 Å². The van der Waals surface area contributed by atoms with Gasteiger partial charge in [0.1, 0.15) is 11.6 Å². The Hall–Kier alpha value is -2.79. The van der Waals surface area contributed by atoms with Gasteiger partial charge in [-0.15, -0.1) is 0 Å². The van der Waals surface area contributed by atoms with Crippen molar-refractivity contribution in [2.24, 2.45) is 0 Å². The van der Waals surface area contributed by atoms with Crippen LogP contribution in [0.25, 0.3) is 11.4 Å². The molecule has 0 saturated carbocycles. The van der Waals surface area contributed by atoms with Crippen LogP contribution in [-0.4, -0.2) is 47.7 Å². The van der Waals surface area contributed by atoms with E-state index in [4.69, 9.17) is 9.72 Å². The van der Waals surface area contributed by atoms with Gasteiger partial charge in [0.05, 0.1) is 12.3 Å². The molecule has 0 spiro atoms. The van der Waals surface area contributed by atoms with E-state index in [1.807, 2.05) is 6.20 Å². The third-order valence-electron chi connectivity index (χ3n) is 5.81. The number of hydrogen-bond donors (Lipinski definition) is 1. The van der Waals surface area contributed by atoms with Gasteiger partial charge >= 0.3 is 0 Å². The van der Waals surface area contributed by atoms with Crippen LogP contribution in [0.2, 0.25) is 0 Å². The number of aromatic nitrogens is 2. The minimum absolute atomic E-state index is 0.788. The summed E-state index contributed by atoms with van der Waals surface area (Å²) >= 11 is 0. The number of imidazole rings is 1. The zero-order chi connectivity index (χ0) is 18.9. The topological polar surface area (TPSA) is 44.4 Å². The number of nitrogens with one attached hydrogen (secondary N) is 1. The van der Waals surface area contributed by atoms with Gasteiger partial charge in [-0.3, -0.25) is 4.90 Å². The van der Waals surface area contributed by atoms with Crippen molar-refractivity contribution in [3.8, 4) is 17.1 Å². The Balaban J connectivity index is 1.22.